The summed E-state index contributed by atoms with van der Waals surface area (Å²) in [6.45, 7) is 0. The average Bonchev–Trinajstić information content (AvgIpc) is 3.05. The quantitative estimate of drug-likeness (QED) is 0.515. The highest BCUT2D eigenvalue weighted by atomic mass is 35.5. The van der Waals surface area contributed by atoms with Gasteiger partial charge in [0.15, 0.2) is 5.75 Å². The molecule has 1 aromatic heterocycles. The van der Waals surface area contributed by atoms with E-state index in [4.69, 9.17) is 33.7 Å². The molecule has 1 aliphatic heterocycles. The number of rotatable bonds is 3. The molecule has 0 saturated heterocycles. The van der Waals surface area contributed by atoms with E-state index in [0.29, 0.717) is 5.75 Å². The number of nitrogens with one attached hydrogen (secondary N) is 2. The van der Waals surface area contributed by atoms with Gasteiger partial charge in [0.05, 0.1) is 21.1 Å². The first-order valence-corrected chi connectivity index (χ1v) is 11.2. The lowest BCUT2D eigenvalue weighted by molar-refractivity contribution is -0.122. The minimum absolute atomic E-state index is 0.0121. The Bertz CT molecular complexity index is 1390. The highest BCUT2D eigenvalue weighted by Gasteiger charge is 2.49. The number of ether oxygens (including phenoxy) is 1. The minimum atomic E-state index is -0.792. The Morgan fingerprint density at radius 2 is 1.76 bits per heavy atom. The predicted molar refractivity (Wildman–Crippen MR) is 125 cm³/mol. The lowest BCUT2D eigenvalue weighted by Crippen LogP contribution is -2.36. The number of hydrogen-bond acceptors (Lipinski definition) is 6. The first kappa shape index (κ1) is 21.5. The van der Waals surface area contributed by atoms with Gasteiger partial charge in [0.1, 0.15) is 5.75 Å². The van der Waals surface area contributed by atoms with Crippen LogP contribution < -0.4 is 27.0 Å². The first-order chi connectivity index (χ1) is 15.8. The Labute approximate surface area is 197 Å². The monoisotopic (exact) mass is 487 g/mol. The first-order valence-electron chi connectivity index (χ1n) is 10.4. The molecule has 4 N–H and O–H groups in total. The van der Waals surface area contributed by atoms with Crippen molar-refractivity contribution in [1.29, 1.82) is 0 Å². The van der Waals surface area contributed by atoms with Crippen molar-refractivity contribution in [2.45, 2.75) is 37.5 Å². The lowest BCUT2D eigenvalue weighted by atomic mass is 9.70. The number of anilines is 2. The van der Waals surface area contributed by atoms with Crippen molar-refractivity contribution in [3.05, 3.63) is 66.8 Å². The molecule has 1 fully saturated rings. The highest BCUT2D eigenvalue weighted by Crippen LogP contribution is 2.52. The lowest BCUT2D eigenvalue weighted by Gasteiger charge is -2.32. The summed E-state index contributed by atoms with van der Waals surface area (Å²) < 4.78 is 7.06. The molecule has 170 valence electrons. The van der Waals surface area contributed by atoms with Gasteiger partial charge in [-0.05, 0) is 37.1 Å². The smallest absolute Gasteiger partial charge is 0.349 e. The Morgan fingerprint density at radius 1 is 1.06 bits per heavy atom. The molecule has 33 heavy (non-hydrogen) atoms. The summed E-state index contributed by atoms with van der Waals surface area (Å²) >= 11 is 13.0. The number of nitrogens with zero attached hydrogens (tertiary/aromatic N) is 2. The van der Waals surface area contributed by atoms with Crippen molar-refractivity contribution in [3.63, 3.8) is 0 Å². The number of nitrogen functional groups attached to an aromatic ring is 1. The third-order valence-corrected chi connectivity index (χ3v) is 6.75. The Morgan fingerprint density at radius 3 is 2.45 bits per heavy atom. The summed E-state index contributed by atoms with van der Waals surface area (Å²) in [5.74, 6) is 0.276. The van der Waals surface area contributed by atoms with Crippen LogP contribution in [0.4, 0.5) is 11.5 Å². The van der Waals surface area contributed by atoms with Gasteiger partial charge in [-0.15, -0.1) is 5.10 Å². The largest absolute Gasteiger partial charge is 0.454 e. The SMILES string of the molecule is Nc1nn(-c2cc(Cl)c(Oc3cccc4c3C3(CCCCC3)C(=O)N4)c(Cl)c2)c(=O)[nH]c1=O. The van der Waals surface area contributed by atoms with Crippen LogP contribution in [0, 0.1) is 0 Å². The molecule has 9 nitrogen and oxygen atoms in total. The van der Waals surface area contributed by atoms with E-state index in [2.05, 4.69) is 15.4 Å². The predicted octanol–water partition coefficient (Wildman–Crippen LogP) is 3.76. The molecule has 2 heterocycles. The van der Waals surface area contributed by atoms with Crippen molar-refractivity contribution in [2.75, 3.05) is 11.1 Å². The zero-order valence-corrected chi connectivity index (χ0v) is 18.8. The average molecular weight is 488 g/mol. The molecule has 1 spiro atoms. The second-order valence-corrected chi connectivity index (χ2v) is 8.99. The summed E-state index contributed by atoms with van der Waals surface area (Å²) in [6.07, 6.45) is 4.50. The standard InChI is InChI=1S/C22H19Cl2N5O4/c23-12-9-11(29-21(32)27-19(30)18(25)28-29)10-13(24)17(12)33-15-6-4-5-14-16(15)22(20(31)26-14)7-2-1-3-8-22/h4-6,9-10H,1-3,7-8H2,(H2,25,28)(H,26,31)(H,27,30,32). The zero-order chi connectivity index (χ0) is 23.3. The molecule has 5 rings (SSSR count). The molecule has 11 heteroatoms. The zero-order valence-electron chi connectivity index (χ0n) is 17.3. The molecule has 1 amide bonds. The number of benzene rings is 2. The summed E-state index contributed by atoms with van der Waals surface area (Å²) in [4.78, 5) is 38.7. The molecule has 0 bridgehead atoms. The van der Waals surface area contributed by atoms with Gasteiger partial charge in [-0.3, -0.25) is 14.6 Å². The van der Waals surface area contributed by atoms with Crippen molar-refractivity contribution in [2.24, 2.45) is 0 Å². The van der Waals surface area contributed by atoms with Gasteiger partial charge >= 0.3 is 5.69 Å². The van der Waals surface area contributed by atoms with E-state index in [1.54, 1.807) is 12.1 Å². The molecule has 2 aliphatic rings. The number of hydrogen-bond donors (Lipinski definition) is 3. The molecule has 0 radical (unpaired) electrons. The summed E-state index contributed by atoms with van der Waals surface area (Å²) in [5.41, 5.74) is 5.06. The van der Waals surface area contributed by atoms with Gasteiger partial charge in [-0.25, -0.2) is 4.79 Å². The van der Waals surface area contributed by atoms with Gasteiger partial charge in [0.2, 0.25) is 11.7 Å². The molecule has 1 aliphatic carbocycles. The normalized spacial score (nSPS) is 16.5. The van der Waals surface area contributed by atoms with E-state index in [9.17, 15) is 14.4 Å². The number of carbonyl (C=O) groups is 1. The van der Waals surface area contributed by atoms with Crippen LogP contribution in [-0.4, -0.2) is 20.7 Å². The van der Waals surface area contributed by atoms with Gasteiger partial charge in [0.25, 0.3) is 5.56 Å². The van der Waals surface area contributed by atoms with E-state index in [1.807, 2.05) is 6.07 Å². The number of amides is 1. The van der Waals surface area contributed by atoms with Crippen LogP contribution in [0.5, 0.6) is 11.5 Å². The molecule has 2 aromatic carbocycles. The molecule has 1 saturated carbocycles. The molecular formula is C22H19Cl2N5O4. The topological polar surface area (TPSA) is 132 Å². The van der Waals surface area contributed by atoms with Gasteiger partial charge in [-0.1, -0.05) is 48.5 Å². The highest BCUT2D eigenvalue weighted by molar-refractivity contribution is 6.37. The summed E-state index contributed by atoms with van der Waals surface area (Å²) in [6, 6.07) is 8.29. The van der Waals surface area contributed by atoms with Gasteiger partial charge < -0.3 is 15.8 Å². The number of halogens is 2. The van der Waals surface area contributed by atoms with Gasteiger partial charge in [-0.2, -0.15) is 4.68 Å². The molecule has 0 atom stereocenters. The van der Waals surface area contributed by atoms with Crippen molar-refractivity contribution < 1.29 is 9.53 Å². The number of fused-ring (bicyclic) bond motifs is 2. The fraction of sp³-hybridized carbons (Fsp3) is 0.273. The molecule has 3 aromatic rings. The fourth-order valence-corrected chi connectivity index (χ4v) is 5.22. The number of H-pyrrole nitrogens is 1. The van der Waals surface area contributed by atoms with Crippen molar-refractivity contribution in [3.8, 4) is 17.2 Å². The van der Waals surface area contributed by atoms with Crippen molar-refractivity contribution in [1.82, 2.24) is 14.8 Å². The third-order valence-electron chi connectivity index (χ3n) is 6.19. The van der Waals surface area contributed by atoms with Gasteiger partial charge in [0, 0.05) is 11.3 Å². The maximum atomic E-state index is 12.9. The van der Waals surface area contributed by atoms with E-state index in [0.717, 1.165) is 48.0 Å². The Balaban J connectivity index is 1.57. The number of carbonyl (C=O) groups excluding carboxylic acids is 1. The van der Waals surface area contributed by atoms with Crippen LogP contribution in [-0.2, 0) is 10.2 Å². The van der Waals surface area contributed by atoms with Crippen LogP contribution in [0.25, 0.3) is 5.69 Å². The van der Waals surface area contributed by atoms with E-state index < -0.39 is 16.7 Å². The maximum absolute atomic E-state index is 12.9. The molecule has 0 unspecified atom stereocenters. The second-order valence-electron chi connectivity index (χ2n) is 8.17. The van der Waals surface area contributed by atoms with E-state index >= 15 is 0 Å². The summed E-state index contributed by atoms with van der Waals surface area (Å²) in [7, 11) is 0. The second kappa shape index (κ2) is 7.93. The summed E-state index contributed by atoms with van der Waals surface area (Å²) in [5, 5.41) is 7.00. The van der Waals surface area contributed by atoms with Crippen molar-refractivity contribution >= 4 is 40.6 Å². The number of aromatic amines is 1. The molecular weight excluding hydrogens is 469 g/mol. The number of nitrogens with two attached hydrogens (primary N) is 1. The van der Waals surface area contributed by atoms with Crippen LogP contribution in [0.2, 0.25) is 10.0 Å². The Hall–Kier alpha value is -3.30. The third kappa shape index (κ3) is 3.48. The Kier molecular flexibility index (Phi) is 5.18. The van der Waals surface area contributed by atoms with Crippen LogP contribution in [0.3, 0.4) is 0 Å². The fourth-order valence-electron chi connectivity index (χ4n) is 4.67. The number of aromatic nitrogens is 3. The van der Waals surface area contributed by atoms with E-state index in [-0.39, 0.29) is 33.2 Å². The minimum Gasteiger partial charge on any atom is -0.454 e. The van der Waals surface area contributed by atoms with Crippen LogP contribution in [0.15, 0.2) is 39.9 Å². The van der Waals surface area contributed by atoms with E-state index in [1.165, 1.54) is 12.1 Å². The van der Waals surface area contributed by atoms with Crippen LogP contribution >= 0.6 is 23.2 Å². The van der Waals surface area contributed by atoms with Crippen LogP contribution in [0.1, 0.15) is 37.7 Å². The maximum Gasteiger partial charge on any atom is 0.349 e.